The van der Waals surface area contributed by atoms with Gasteiger partial charge in [-0.05, 0) is 39.2 Å². The lowest BCUT2D eigenvalue weighted by molar-refractivity contribution is -0.132. The largest absolute Gasteiger partial charge is 0.478 e. The molecule has 0 radical (unpaired) electrons. The molecule has 2 heterocycles. The second-order valence-electron chi connectivity index (χ2n) is 5.43. The Balaban J connectivity index is 2.11. The molecule has 1 saturated heterocycles. The molecule has 2 N–H and O–H groups in total. The molecule has 1 aliphatic rings. The molecular formula is C15H21N3O3. The van der Waals surface area contributed by atoms with Crippen LogP contribution < -0.4 is 5.32 Å². The van der Waals surface area contributed by atoms with Gasteiger partial charge in [-0.2, -0.15) is 0 Å². The first-order chi connectivity index (χ1) is 9.99. The van der Waals surface area contributed by atoms with Gasteiger partial charge >= 0.3 is 5.97 Å². The van der Waals surface area contributed by atoms with Crippen molar-refractivity contribution in [3.8, 4) is 0 Å². The van der Waals surface area contributed by atoms with Crippen LogP contribution in [-0.4, -0.2) is 46.0 Å². The summed E-state index contributed by atoms with van der Waals surface area (Å²) in [5.41, 5.74) is 1.23. The maximum atomic E-state index is 12.4. The van der Waals surface area contributed by atoms with E-state index in [-0.39, 0.29) is 11.5 Å². The molecule has 0 saturated carbocycles. The van der Waals surface area contributed by atoms with Crippen LogP contribution in [-0.2, 0) is 4.79 Å². The van der Waals surface area contributed by atoms with Crippen molar-refractivity contribution >= 4 is 17.6 Å². The van der Waals surface area contributed by atoms with E-state index in [4.69, 9.17) is 0 Å². The normalized spacial score (nSPS) is 16.4. The lowest BCUT2D eigenvalue weighted by Crippen LogP contribution is -2.44. The molecule has 1 atom stereocenters. The summed E-state index contributed by atoms with van der Waals surface area (Å²) in [6, 6.07) is 1.20. The van der Waals surface area contributed by atoms with Crippen LogP contribution in [0.15, 0.2) is 12.3 Å². The number of piperidine rings is 1. The zero-order valence-electron chi connectivity index (χ0n) is 12.4. The van der Waals surface area contributed by atoms with Crippen LogP contribution in [0, 0.1) is 6.92 Å². The number of hydrogen-bond acceptors (Lipinski definition) is 4. The van der Waals surface area contributed by atoms with Crippen molar-refractivity contribution in [2.24, 2.45) is 0 Å². The van der Waals surface area contributed by atoms with Crippen LogP contribution >= 0.6 is 0 Å². The summed E-state index contributed by atoms with van der Waals surface area (Å²) >= 11 is 0. The number of carbonyl (C=O) groups is 2. The number of carboxylic acid groups (broad SMARTS) is 1. The van der Waals surface area contributed by atoms with E-state index >= 15 is 0 Å². The van der Waals surface area contributed by atoms with Crippen molar-refractivity contribution in [1.82, 2.24) is 9.88 Å². The molecule has 1 fully saturated rings. The number of aryl methyl sites for hydroxylation is 1. The second-order valence-corrected chi connectivity index (χ2v) is 5.43. The van der Waals surface area contributed by atoms with Gasteiger partial charge in [-0.3, -0.25) is 9.78 Å². The first kappa shape index (κ1) is 15.3. The predicted molar refractivity (Wildman–Crippen MR) is 79.4 cm³/mol. The van der Waals surface area contributed by atoms with E-state index in [9.17, 15) is 14.7 Å². The van der Waals surface area contributed by atoms with Gasteiger partial charge in [0.15, 0.2) is 0 Å². The number of amides is 1. The van der Waals surface area contributed by atoms with Crippen molar-refractivity contribution < 1.29 is 14.7 Å². The van der Waals surface area contributed by atoms with Gasteiger partial charge < -0.3 is 15.3 Å². The molecule has 2 rings (SSSR count). The van der Waals surface area contributed by atoms with Crippen LogP contribution in [0.1, 0.15) is 42.2 Å². The fraction of sp³-hybridized carbons (Fsp3) is 0.533. The molecule has 0 bridgehead atoms. The highest BCUT2D eigenvalue weighted by atomic mass is 16.4. The number of anilines is 1. The maximum absolute atomic E-state index is 12.4. The molecule has 21 heavy (non-hydrogen) atoms. The smallest absolute Gasteiger partial charge is 0.339 e. The summed E-state index contributed by atoms with van der Waals surface area (Å²) in [6.07, 6.45) is 4.55. The summed E-state index contributed by atoms with van der Waals surface area (Å²) in [5, 5.41) is 12.2. The monoisotopic (exact) mass is 291 g/mol. The Labute approximate surface area is 124 Å². The van der Waals surface area contributed by atoms with Gasteiger partial charge in [-0.1, -0.05) is 0 Å². The highest BCUT2D eigenvalue weighted by Gasteiger charge is 2.23. The predicted octanol–water partition coefficient (Wildman–Crippen LogP) is 1.90. The zero-order valence-corrected chi connectivity index (χ0v) is 12.4. The highest BCUT2D eigenvalue weighted by Crippen LogP contribution is 2.18. The molecule has 6 nitrogen and oxygen atoms in total. The summed E-state index contributed by atoms with van der Waals surface area (Å²) in [5.74, 6) is -1.04. The Kier molecular flexibility index (Phi) is 4.77. The minimum Gasteiger partial charge on any atom is -0.478 e. The number of carboxylic acids is 1. The number of nitrogens with one attached hydrogen (secondary N) is 1. The van der Waals surface area contributed by atoms with E-state index in [0.29, 0.717) is 11.4 Å². The fourth-order valence-corrected chi connectivity index (χ4v) is 2.53. The highest BCUT2D eigenvalue weighted by molar-refractivity contribution is 5.95. The fourth-order valence-electron chi connectivity index (χ4n) is 2.53. The molecule has 1 unspecified atom stereocenters. The van der Waals surface area contributed by atoms with Crippen LogP contribution in [0.5, 0.6) is 0 Å². The first-order valence-electron chi connectivity index (χ1n) is 7.24. The third-order valence-corrected chi connectivity index (χ3v) is 3.68. The van der Waals surface area contributed by atoms with E-state index < -0.39 is 12.0 Å². The van der Waals surface area contributed by atoms with Gasteiger partial charge in [0.1, 0.15) is 11.6 Å². The summed E-state index contributed by atoms with van der Waals surface area (Å²) in [6.45, 7) is 5.12. The van der Waals surface area contributed by atoms with Crippen molar-refractivity contribution in [3.05, 3.63) is 23.5 Å². The van der Waals surface area contributed by atoms with E-state index in [1.54, 1.807) is 19.9 Å². The standard InChI is InChI=1S/C15H21N3O3/c1-10-8-13(12(9-16-10)15(20)21)17-11(2)14(19)18-6-4-3-5-7-18/h8-9,11H,3-7H2,1-2H3,(H,16,17)(H,20,21). The van der Waals surface area contributed by atoms with Crippen LogP contribution in [0.2, 0.25) is 0 Å². The Morgan fingerprint density at radius 2 is 2.00 bits per heavy atom. The average Bonchev–Trinajstić information content (AvgIpc) is 2.47. The van der Waals surface area contributed by atoms with Gasteiger partial charge in [-0.25, -0.2) is 4.79 Å². The first-order valence-corrected chi connectivity index (χ1v) is 7.24. The number of likely N-dealkylation sites (tertiary alicyclic amines) is 1. The Morgan fingerprint density at radius 3 is 2.62 bits per heavy atom. The quantitative estimate of drug-likeness (QED) is 0.885. The maximum Gasteiger partial charge on any atom is 0.339 e. The molecule has 0 spiro atoms. The van der Waals surface area contributed by atoms with Gasteiger partial charge in [0, 0.05) is 25.0 Å². The molecule has 1 aromatic rings. The molecule has 1 amide bonds. The number of aromatic nitrogens is 1. The van der Waals surface area contributed by atoms with Crippen molar-refractivity contribution in [3.63, 3.8) is 0 Å². The number of rotatable bonds is 4. The molecule has 6 heteroatoms. The molecule has 0 aromatic carbocycles. The average molecular weight is 291 g/mol. The number of aromatic carboxylic acids is 1. The lowest BCUT2D eigenvalue weighted by atomic mass is 10.1. The Morgan fingerprint density at radius 1 is 1.33 bits per heavy atom. The lowest BCUT2D eigenvalue weighted by Gasteiger charge is -2.30. The Hall–Kier alpha value is -2.11. The minimum atomic E-state index is -1.05. The van der Waals surface area contributed by atoms with Gasteiger partial charge in [-0.15, -0.1) is 0 Å². The summed E-state index contributed by atoms with van der Waals surface area (Å²) < 4.78 is 0. The van der Waals surface area contributed by atoms with Gasteiger partial charge in [0.05, 0.1) is 5.69 Å². The topological polar surface area (TPSA) is 82.5 Å². The van der Waals surface area contributed by atoms with Crippen LogP contribution in [0.4, 0.5) is 5.69 Å². The van der Waals surface area contributed by atoms with E-state index in [2.05, 4.69) is 10.3 Å². The van der Waals surface area contributed by atoms with E-state index in [1.807, 2.05) is 4.90 Å². The number of hydrogen-bond donors (Lipinski definition) is 2. The minimum absolute atomic E-state index is 0.0144. The Bertz CT molecular complexity index is 539. The number of pyridine rings is 1. The molecular weight excluding hydrogens is 270 g/mol. The second kappa shape index (κ2) is 6.56. The summed E-state index contributed by atoms with van der Waals surface area (Å²) in [4.78, 5) is 29.4. The molecule has 114 valence electrons. The van der Waals surface area contributed by atoms with Gasteiger partial charge in [0.25, 0.3) is 0 Å². The SMILES string of the molecule is Cc1cc(NC(C)C(=O)N2CCCCC2)c(C(=O)O)cn1. The third-order valence-electron chi connectivity index (χ3n) is 3.68. The number of nitrogens with zero attached hydrogens (tertiary/aromatic N) is 2. The van der Waals surface area contributed by atoms with Crippen molar-refractivity contribution in [2.45, 2.75) is 39.2 Å². The van der Waals surface area contributed by atoms with Crippen LogP contribution in [0.25, 0.3) is 0 Å². The van der Waals surface area contributed by atoms with Gasteiger partial charge in [0.2, 0.25) is 5.91 Å². The van der Waals surface area contributed by atoms with Crippen molar-refractivity contribution in [1.29, 1.82) is 0 Å². The summed E-state index contributed by atoms with van der Waals surface area (Å²) in [7, 11) is 0. The van der Waals surface area contributed by atoms with Crippen molar-refractivity contribution in [2.75, 3.05) is 18.4 Å². The molecule has 1 aliphatic heterocycles. The molecule has 1 aromatic heterocycles. The number of carbonyl (C=O) groups excluding carboxylic acids is 1. The molecule has 0 aliphatic carbocycles. The zero-order chi connectivity index (χ0) is 15.4. The van der Waals surface area contributed by atoms with E-state index in [0.717, 1.165) is 32.4 Å². The van der Waals surface area contributed by atoms with Crippen LogP contribution in [0.3, 0.4) is 0 Å². The third kappa shape index (κ3) is 3.71. The van der Waals surface area contributed by atoms with E-state index in [1.165, 1.54) is 6.20 Å².